The highest BCUT2D eigenvalue weighted by atomic mass is 79.9. The van der Waals surface area contributed by atoms with Gasteiger partial charge in [0.25, 0.3) is 8.32 Å². The van der Waals surface area contributed by atoms with E-state index in [-0.39, 0.29) is 5.75 Å². The average molecular weight is 391 g/mol. The SMILES string of the molecule is CC(O)c1cc(Br)cc(F)c1O[Si](C(C)C)(C(C)C)C(C)C. The van der Waals surface area contributed by atoms with E-state index in [2.05, 4.69) is 57.5 Å². The molecule has 1 rings (SSSR count). The summed E-state index contributed by atoms with van der Waals surface area (Å²) in [4.78, 5) is 0. The molecule has 0 aliphatic carbocycles. The normalized spacial score (nSPS) is 14.0. The summed E-state index contributed by atoms with van der Waals surface area (Å²) in [5.41, 5.74) is 1.54. The quantitative estimate of drug-likeness (QED) is 0.586. The van der Waals surface area contributed by atoms with E-state index >= 15 is 0 Å². The lowest BCUT2D eigenvalue weighted by Crippen LogP contribution is -2.51. The van der Waals surface area contributed by atoms with Crippen LogP contribution in [0.1, 0.15) is 60.1 Å². The van der Waals surface area contributed by atoms with Crippen molar-refractivity contribution in [3.8, 4) is 5.75 Å². The molecular weight excluding hydrogens is 363 g/mol. The number of aliphatic hydroxyl groups is 1. The predicted molar refractivity (Wildman–Crippen MR) is 96.4 cm³/mol. The number of rotatable bonds is 6. The van der Waals surface area contributed by atoms with Gasteiger partial charge in [0.1, 0.15) is 5.75 Å². The molecule has 0 heterocycles. The fourth-order valence-electron chi connectivity index (χ4n) is 3.53. The maximum Gasteiger partial charge on any atom is 0.258 e. The zero-order chi connectivity index (χ0) is 17.2. The number of hydrogen-bond donors (Lipinski definition) is 1. The second-order valence-electron chi connectivity index (χ2n) is 6.90. The van der Waals surface area contributed by atoms with E-state index in [4.69, 9.17) is 4.43 Å². The standard InChI is InChI=1S/C17H28BrFO2Si/c1-10(2)22(11(3)4,12(5)6)21-17-15(13(7)20)8-14(18)9-16(17)19/h8-13,20H,1-7H3. The first-order valence-electron chi connectivity index (χ1n) is 7.90. The number of benzene rings is 1. The van der Waals surface area contributed by atoms with Crippen LogP contribution in [0.15, 0.2) is 16.6 Å². The Morgan fingerprint density at radius 1 is 1.00 bits per heavy atom. The van der Waals surface area contributed by atoms with Crippen LogP contribution in [0.3, 0.4) is 0 Å². The van der Waals surface area contributed by atoms with Crippen LogP contribution in [0.25, 0.3) is 0 Å². The topological polar surface area (TPSA) is 29.5 Å². The number of halogens is 2. The van der Waals surface area contributed by atoms with Crippen molar-refractivity contribution in [2.24, 2.45) is 0 Å². The third-order valence-corrected chi connectivity index (χ3v) is 10.9. The molecule has 0 spiro atoms. The van der Waals surface area contributed by atoms with Crippen molar-refractivity contribution in [3.05, 3.63) is 28.0 Å². The second-order valence-corrected chi connectivity index (χ2v) is 13.2. The highest BCUT2D eigenvalue weighted by Crippen LogP contribution is 2.45. The molecule has 1 aromatic rings. The molecular formula is C17H28BrFO2Si. The minimum Gasteiger partial charge on any atom is -0.540 e. The van der Waals surface area contributed by atoms with E-state index in [0.717, 1.165) is 0 Å². The molecule has 0 amide bonds. The van der Waals surface area contributed by atoms with Crippen LogP contribution in [0.2, 0.25) is 16.6 Å². The molecule has 0 bridgehead atoms. The van der Waals surface area contributed by atoms with Gasteiger partial charge in [-0.2, -0.15) is 0 Å². The van der Waals surface area contributed by atoms with Crippen LogP contribution in [0, 0.1) is 5.82 Å². The monoisotopic (exact) mass is 390 g/mol. The van der Waals surface area contributed by atoms with E-state index in [0.29, 0.717) is 26.7 Å². The number of hydrogen-bond acceptors (Lipinski definition) is 2. The highest BCUT2D eigenvalue weighted by molar-refractivity contribution is 9.10. The zero-order valence-corrected chi connectivity index (χ0v) is 17.2. The van der Waals surface area contributed by atoms with Gasteiger partial charge in [-0.05, 0) is 35.7 Å². The van der Waals surface area contributed by atoms with Gasteiger partial charge in [0.15, 0.2) is 5.82 Å². The lowest BCUT2D eigenvalue weighted by atomic mass is 10.1. The molecule has 2 nitrogen and oxygen atoms in total. The molecule has 1 atom stereocenters. The van der Waals surface area contributed by atoms with Gasteiger partial charge in [-0.1, -0.05) is 57.5 Å². The molecule has 22 heavy (non-hydrogen) atoms. The Kier molecular flexibility index (Phi) is 6.66. The van der Waals surface area contributed by atoms with Gasteiger partial charge in [0, 0.05) is 10.0 Å². The summed E-state index contributed by atoms with van der Waals surface area (Å²) in [5.74, 6) is -0.190. The molecule has 0 fully saturated rings. The van der Waals surface area contributed by atoms with Crippen LogP contribution < -0.4 is 4.43 Å². The third-order valence-electron chi connectivity index (χ3n) is 4.47. The Bertz CT molecular complexity index is 494. The molecule has 1 unspecified atom stereocenters. The first kappa shape index (κ1) is 19.7. The Hall–Kier alpha value is -0.393. The van der Waals surface area contributed by atoms with Crippen molar-refractivity contribution in [1.29, 1.82) is 0 Å². The van der Waals surface area contributed by atoms with Crippen LogP contribution in [0.4, 0.5) is 4.39 Å². The van der Waals surface area contributed by atoms with Crippen LogP contribution in [-0.2, 0) is 0 Å². The minimum absolute atomic E-state index is 0.223. The summed E-state index contributed by atoms with van der Waals surface area (Å²) in [6, 6.07) is 3.14. The Morgan fingerprint density at radius 2 is 1.45 bits per heavy atom. The van der Waals surface area contributed by atoms with Gasteiger partial charge in [-0.15, -0.1) is 0 Å². The molecule has 0 aromatic heterocycles. The van der Waals surface area contributed by atoms with Gasteiger partial charge in [-0.3, -0.25) is 0 Å². The van der Waals surface area contributed by atoms with Gasteiger partial charge < -0.3 is 9.53 Å². The number of aliphatic hydroxyl groups excluding tert-OH is 1. The van der Waals surface area contributed by atoms with Crippen molar-refractivity contribution in [2.45, 2.75) is 71.2 Å². The second kappa shape index (κ2) is 7.45. The van der Waals surface area contributed by atoms with E-state index in [1.165, 1.54) is 6.07 Å². The van der Waals surface area contributed by atoms with Crippen molar-refractivity contribution in [3.63, 3.8) is 0 Å². The highest BCUT2D eigenvalue weighted by Gasteiger charge is 2.47. The van der Waals surface area contributed by atoms with Crippen LogP contribution in [-0.4, -0.2) is 13.4 Å². The lowest BCUT2D eigenvalue weighted by molar-refractivity contribution is 0.195. The molecule has 0 radical (unpaired) electrons. The van der Waals surface area contributed by atoms with Gasteiger partial charge in [0.05, 0.1) is 6.10 Å². The lowest BCUT2D eigenvalue weighted by Gasteiger charge is -2.42. The van der Waals surface area contributed by atoms with E-state index in [1.54, 1.807) is 13.0 Å². The summed E-state index contributed by atoms with van der Waals surface area (Å²) >= 11 is 3.29. The van der Waals surface area contributed by atoms with E-state index in [1.807, 2.05) is 0 Å². The summed E-state index contributed by atoms with van der Waals surface area (Å²) < 4.78 is 21.6. The van der Waals surface area contributed by atoms with Gasteiger partial charge >= 0.3 is 0 Å². The molecule has 1 N–H and O–H groups in total. The van der Waals surface area contributed by atoms with Crippen molar-refractivity contribution in [1.82, 2.24) is 0 Å². The Balaban J connectivity index is 3.48. The maximum absolute atomic E-state index is 14.5. The molecule has 0 aliphatic rings. The molecule has 1 aromatic carbocycles. The van der Waals surface area contributed by atoms with Crippen molar-refractivity contribution < 1.29 is 13.9 Å². The Labute approximate surface area is 143 Å². The Morgan fingerprint density at radius 3 is 1.82 bits per heavy atom. The maximum atomic E-state index is 14.5. The molecule has 5 heteroatoms. The van der Waals surface area contributed by atoms with Gasteiger partial charge in [0.2, 0.25) is 0 Å². The van der Waals surface area contributed by atoms with Crippen molar-refractivity contribution >= 4 is 24.2 Å². The molecule has 0 aliphatic heterocycles. The summed E-state index contributed by atoms with van der Waals surface area (Å²) in [5, 5.41) is 10.0. The third kappa shape index (κ3) is 3.74. The first-order chi connectivity index (χ1) is 10.0. The first-order valence-corrected chi connectivity index (χ1v) is 10.8. The minimum atomic E-state index is -2.26. The molecule has 0 saturated carbocycles. The van der Waals surface area contributed by atoms with Crippen LogP contribution >= 0.6 is 15.9 Å². The van der Waals surface area contributed by atoms with E-state index < -0.39 is 20.2 Å². The van der Waals surface area contributed by atoms with Gasteiger partial charge in [-0.25, -0.2) is 4.39 Å². The van der Waals surface area contributed by atoms with E-state index in [9.17, 15) is 9.50 Å². The predicted octanol–water partition coefficient (Wildman–Crippen LogP) is 6.20. The largest absolute Gasteiger partial charge is 0.540 e. The fraction of sp³-hybridized carbons (Fsp3) is 0.647. The smallest absolute Gasteiger partial charge is 0.258 e. The fourth-order valence-corrected chi connectivity index (χ4v) is 9.25. The molecule has 126 valence electrons. The summed E-state index contributed by atoms with van der Waals surface area (Å²) in [6.45, 7) is 14.6. The summed E-state index contributed by atoms with van der Waals surface area (Å²) in [6.07, 6.45) is -0.778. The average Bonchev–Trinajstić information content (AvgIpc) is 2.35. The molecule has 0 saturated heterocycles. The summed E-state index contributed by atoms with van der Waals surface area (Å²) in [7, 11) is -2.26. The van der Waals surface area contributed by atoms with Crippen molar-refractivity contribution in [2.75, 3.05) is 0 Å². The zero-order valence-electron chi connectivity index (χ0n) is 14.6. The van der Waals surface area contributed by atoms with Crippen LogP contribution in [0.5, 0.6) is 5.75 Å².